The Morgan fingerprint density at radius 3 is 2.82 bits per heavy atom. The highest BCUT2D eigenvalue weighted by Gasteiger charge is 2.27. The van der Waals surface area contributed by atoms with Gasteiger partial charge in [0.25, 0.3) is 0 Å². The second kappa shape index (κ2) is 6.60. The number of carbonyl (C=O) groups is 1. The maximum absolute atomic E-state index is 12.1. The van der Waals surface area contributed by atoms with E-state index < -0.39 is 6.04 Å². The molecule has 0 bridgehead atoms. The number of urea groups is 1. The van der Waals surface area contributed by atoms with Crippen molar-refractivity contribution in [3.8, 4) is 0 Å². The molecular formula is C16H20N4O2. The molecule has 0 saturated heterocycles. The molecule has 6 nitrogen and oxygen atoms in total. The fourth-order valence-corrected chi connectivity index (χ4v) is 2.23. The van der Waals surface area contributed by atoms with Gasteiger partial charge < -0.3 is 15.2 Å². The van der Waals surface area contributed by atoms with Gasteiger partial charge in [-0.3, -0.25) is 0 Å². The third kappa shape index (κ3) is 3.63. The summed E-state index contributed by atoms with van der Waals surface area (Å²) in [4.78, 5) is 16.5. The first-order valence-corrected chi connectivity index (χ1v) is 7.70. The van der Waals surface area contributed by atoms with E-state index >= 15 is 0 Å². The van der Waals surface area contributed by atoms with E-state index in [2.05, 4.69) is 27.7 Å². The Morgan fingerprint density at radius 2 is 2.14 bits per heavy atom. The molecule has 0 aliphatic heterocycles. The van der Waals surface area contributed by atoms with E-state index in [9.17, 15) is 4.79 Å². The van der Waals surface area contributed by atoms with Crippen molar-refractivity contribution in [2.45, 2.75) is 44.7 Å². The fraction of sp³-hybridized carbons (Fsp3) is 0.438. The molecule has 0 spiro atoms. The van der Waals surface area contributed by atoms with Crippen molar-refractivity contribution in [2.24, 2.45) is 0 Å². The van der Waals surface area contributed by atoms with Gasteiger partial charge in [-0.15, -0.1) is 0 Å². The number of carbonyl (C=O) groups excluding carboxylic acids is 1. The van der Waals surface area contributed by atoms with Gasteiger partial charge in [-0.1, -0.05) is 42.4 Å². The van der Waals surface area contributed by atoms with Gasteiger partial charge in [-0.2, -0.15) is 4.98 Å². The van der Waals surface area contributed by atoms with Crippen LogP contribution in [-0.4, -0.2) is 22.2 Å². The van der Waals surface area contributed by atoms with Crippen molar-refractivity contribution in [2.75, 3.05) is 0 Å². The summed E-state index contributed by atoms with van der Waals surface area (Å²) in [5, 5.41) is 9.89. The number of nitrogens with zero attached hydrogens (tertiary/aromatic N) is 2. The van der Waals surface area contributed by atoms with Gasteiger partial charge in [-0.25, -0.2) is 4.79 Å². The van der Waals surface area contributed by atoms with Gasteiger partial charge in [0, 0.05) is 12.5 Å². The molecule has 3 rings (SSSR count). The number of hydrogen-bond acceptors (Lipinski definition) is 4. The lowest BCUT2D eigenvalue weighted by molar-refractivity contribution is 0.237. The number of benzene rings is 1. The summed E-state index contributed by atoms with van der Waals surface area (Å²) < 4.78 is 5.25. The van der Waals surface area contributed by atoms with Gasteiger partial charge in [0.1, 0.15) is 6.04 Å². The quantitative estimate of drug-likeness (QED) is 0.859. The summed E-state index contributed by atoms with van der Waals surface area (Å²) in [5.41, 5.74) is 0.928. The molecule has 1 heterocycles. The van der Waals surface area contributed by atoms with E-state index in [4.69, 9.17) is 4.52 Å². The van der Waals surface area contributed by atoms with Crippen LogP contribution in [0.25, 0.3) is 0 Å². The van der Waals surface area contributed by atoms with Crippen LogP contribution in [0.2, 0.25) is 0 Å². The summed E-state index contributed by atoms with van der Waals surface area (Å²) >= 11 is 0. The predicted octanol–water partition coefficient (Wildman–Crippen LogP) is 2.57. The van der Waals surface area contributed by atoms with E-state index in [1.54, 1.807) is 0 Å². The van der Waals surface area contributed by atoms with E-state index in [0.29, 0.717) is 17.8 Å². The van der Waals surface area contributed by atoms with Crippen LogP contribution >= 0.6 is 0 Å². The standard InChI is InChI=1S/C16H20N4O2/c1-2-6-13-18-15(20-22-13)14(11-7-4-3-5-8-11)19-16(21)17-12-9-10-12/h3-5,7-8,12,14H,2,6,9-10H2,1H3,(H2,17,19,21). The predicted molar refractivity (Wildman–Crippen MR) is 81.3 cm³/mol. The number of aromatic nitrogens is 2. The number of rotatable bonds is 6. The summed E-state index contributed by atoms with van der Waals surface area (Å²) in [6, 6.07) is 9.37. The summed E-state index contributed by atoms with van der Waals surface area (Å²) in [6.07, 6.45) is 3.77. The molecule has 1 saturated carbocycles. The second-order valence-electron chi connectivity index (χ2n) is 5.53. The van der Waals surface area contributed by atoms with Gasteiger partial charge in [0.15, 0.2) is 5.82 Å². The van der Waals surface area contributed by atoms with Crippen LogP contribution in [0.15, 0.2) is 34.9 Å². The number of aryl methyl sites for hydroxylation is 1. The molecule has 6 heteroatoms. The number of amides is 2. The Hall–Kier alpha value is -2.37. The van der Waals surface area contributed by atoms with E-state index in [-0.39, 0.29) is 6.03 Å². The van der Waals surface area contributed by atoms with Gasteiger partial charge in [-0.05, 0) is 24.8 Å². The average molecular weight is 300 g/mol. The van der Waals surface area contributed by atoms with Gasteiger partial charge >= 0.3 is 6.03 Å². The van der Waals surface area contributed by atoms with Crippen LogP contribution in [0.1, 0.15) is 49.5 Å². The Kier molecular flexibility index (Phi) is 4.37. The first-order chi connectivity index (χ1) is 10.8. The molecule has 2 N–H and O–H groups in total. The van der Waals surface area contributed by atoms with E-state index in [1.807, 2.05) is 30.3 Å². The van der Waals surface area contributed by atoms with Crippen LogP contribution in [0.4, 0.5) is 4.79 Å². The van der Waals surface area contributed by atoms with Crippen molar-refractivity contribution < 1.29 is 9.32 Å². The first-order valence-electron chi connectivity index (χ1n) is 7.70. The van der Waals surface area contributed by atoms with Crippen LogP contribution in [0, 0.1) is 0 Å². The van der Waals surface area contributed by atoms with Crippen molar-refractivity contribution >= 4 is 6.03 Å². The van der Waals surface area contributed by atoms with Crippen molar-refractivity contribution in [3.05, 3.63) is 47.6 Å². The lowest BCUT2D eigenvalue weighted by atomic mass is 10.1. The zero-order valence-corrected chi connectivity index (χ0v) is 12.6. The maximum Gasteiger partial charge on any atom is 0.315 e. The van der Waals surface area contributed by atoms with Crippen molar-refractivity contribution in [1.82, 2.24) is 20.8 Å². The molecule has 1 atom stereocenters. The van der Waals surface area contributed by atoms with Crippen molar-refractivity contribution in [1.29, 1.82) is 0 Å². The minimum Gasteiger partial charge on any atom is -0.339 e. The SMILES string of the molecule is CCCc1nc(C(NC(=O)NC2CC2)c2ccccc2)no1. The van der Waals surface area contributed by atoms with Crippen LogP contribution in [0.5, 0.6) is 0 Å². The van der Waals surface area contributed by atoms with E-state index in [0.717, 1.165) is 31.2 Å². The average Bonchev–Trinajstić information content (AvgIpc) is 3.22. The molecule has 116 valence electrons. The normalized spacial score (nSPS) is 15.3. The molecule has 1 aromatic carbocycles. The van der Waals surface area contributed by atoms with Crippen LogP contribution in [0.3, 0.4) is 0 Å². The Morgan fingerprint density at radius 1 is 1.36 bits per heavy atom. The summed E-state index contributed by atoms with van der Waals surface area (Å²) in [6.45, 7) is 2.06. The molecule has 2 amide bonds. The Labute approximate surface area is 129 Å². The zero-order chi connectivity index (χ0) is 15.4. The lowest BCUT2D eigenvalue weighted by Crippen LogP contribution is -2.39. The minimum atomic E-state index is -0.408. The summed E-state index contributed by atoms with van der Waals surface area (Å²) in [7, 11) is 0. The Bertz CT molecular complexity index is 622. The highest BCUT2D eigenvalue weighted by atomic mass is 16.5. The molecule has 2 aromatic rings. The van der Waals surface area contributed by atoms with Crippen LogP contribution < -0.4 is 10.6 Å². The lowest BCUT2D eigenvalue weighted by Gasteiger charge is -2.16. The van der Waals surface area contributed by atoms with Gasteiger partial charge in [0.05, 0.1) is 0 Å². The zero-order valence-electron chi connectivity index (χ0n) is 12.6. The number of hydrogen-bond donors (Lipinski definition) is 2. The molecular weight excluding hydrogens is 280 g/mol. The highest BCUT2D eigenvalue weighted by molar-refractivity contribution is 5.75. The van der Waals surface area contributed by atoms with Crippen molar-refractivity contribution in [3.63, 3.8) is 0 Å². The Balaban J connectivity index is 1.79. The first kappa shape index (κ1) is 14.6. The molecule has 1 fully saturated rings. The molecule has 0 radical (unpaired) electrons. The van der Waals surface area contributed by atoms with E-state index in [1.165, 1.54) is 0 Å². The molecule has 1 aliphatic rings. The second-order valence-corrected chi connectivity index (χ2v) is 5.53. The topological polar surface area (TPSA) is 80.0 Å². The summed E-state index contributed by atoms with van der Waals surface area (Å²) in [5.74, 6) is 1.09. The van der Waals surface area contributed by atoms with Gasteiger partial charge in [0.2, 0.25) is 5.89 Å². The smallest absolute Gasteiger partial charge is 0.315 e. The third-order valence-corrected chi connectivity index (χ3v) is 3.53. The third-order valence-electron chi connectivity index (χ3n) is 3.53. The highest BCUT2D eigenvalue weighted by Crippen LogP contribution is 2.21. The molecule has 1 aromatic heterocycles. The maximum atomic E-state index is 12.1. The fourth-order valence-electron chi connectivity index (χ4n) is 2.23. The monoisotopic (exact) mass is 300 g/mol. The minimum absolute atomic E-state index is 0.196. The largest absolute Gasteiger partial charge is 0.339 e. The molecule has 22 heavy (non-hydrogen) atoms. The molecule has 1 unspecified atom stereocenters. The number of nitrogens with one attached hydrogen (secondary N) is 2. The molecule has 1 aliphatic carbocycles. The van der Waals surface area contributed by atoms with Crippen LogP contribution in [-0.2, 0) is 6.42 Å².